The van der Waals surface area contributed by atoms with Crippen molar-refractivity contribution >= 4 is 21.4 Å². The molecule has 2 rings (SSSR count). The van der Waals surface area contributed by atoms with Gasteiger partial charge in [-0.15, -0.1) is 0 Å². The van der Waals surface area contributed by atoms with Crippen molar-refractivity contribution in [1.82, 2.24) is 4.98 Å². The number of ether oxygens (including phenoxy) is 1. The Balaban J connectivity index is 1.90. The Morgan fingerprint density at radius 2 is 1.95 bits per heavy atom. The number of nitrogens with two attached hydrogens (primary N) is 1. The molecule has 3 N–H and O–H groups in total. The largest absolute Gasteiger partial charge is 0.492 e. The molecular weight excluding hydrogens is 290 g/mol. The molecule has 21 heavy (non-hydrogen) atoms. The second kappa shape index (κ2) is 6.45. The molecule has 0 spiro atoms. The van der Waals surface area contributed by atoms with Crippen LogP contribution in [0.5, 0.6) is 5.75 Å². The van der Waals surface area contributed by atoms with Gasteiger partial charge in [-0.1, -0.05) is 0 Å². The van der Waals surface area contributed by atoms with E-state index in [1.54, 1.807) is 36.5 Å². The molecule has 0 aliphatic rings. The van der Waals surface area contributed by atoms with Crippen LogP contribution in [0.2, 0.25) is 0 Å². The van der Waals surface area contributed by atoms with E-state index in [1.165, 1.54) is 6.20 Å². The maximum atomic E-state index is 12.0. The van der Waals surface area contributed by atoms with Gasteiger partial charge >= 0.3 is 0 Å². The van der Waals surface area contributed by atoms with Gasteiger partial charge in [-0.3, -0.25) is 9.71 Å². The van der Waals surface area contributed by atoms with E-state index in [9.17, 15) is 8.42 Å². The Morgan fingerprint density at radius 3 is 2.62 bits per heavy atom. The molecule has 0 fully saturated rings. The standard InChI is InChI=1S/C14H17N3O3S/c1-11-6-7-16-10-14(11)17-21(18,19)9-8-20-13-4-2-12(15)3-5-13/h2-7,10,17H,8-9,15H2,1H3. The number of aromatic nitrogens is 1. The monoisotopic (exact) mass is 307 g/mol. The molecule has 0 atom stereocenters. The van der Waals surface area contributed by atoms with E-state index in [-0.39, 0.29) is 12.4 Å². The zero-order valence-electron chi connectivity index (χ0n) is 11.6. The molecule has 1 aromatic carbocycles. The summed E-state index contributed by atoms with van der Waals surface area (Å²) < 4.78 is 31.8. The molecule has 0 saturated heterocycles. The van der Waals surface area contributed by atoms with Crippen molar-refractivity contribution < 1.29 is 13.2 Å². The van der Waals surface area contributed by atoms with Crippen LogP contribution in [0.3, 0.4) is 0 Å². The van der Waals surface area contributed by atoms with E-state index in [0.717, 1.165) is 5.56 Å². The Bertz CT molecular complexity index is 700. The Labute approximate surface area is 124 Å². The summed E-state index contributed by atoms with van der Waals surface area (Å²) in [6, 6.07) is 8.52. The number of nitrogens with one attached hydrogen (secondary N) is 1. The number of nitrogen functional groups attached to an aromatic ring is 1. The number of benzene rings is 1. The predicted molar refractivity (Wildman–Crippen MR) is 82.7 cm³/mol. The first-order valence-electron chi connectivity index (χ1n) is 6.36. The summed E-state index contributed by atoms with van der Waals surface area (Å²) in [6.07, 6.45) is 3.09. The van der Waals surface area contributed by atoms with E-state index in [0.29, 0.717) is 17.1 Å². The van der Waals surface area contributed by atoms with Crippen LogP contribution in [0.15, 0.2) is 42.7 Å². The van der Waals surface area contributed by atoms with Gasteiger partial charge in [0.15, 0.2) is 0 Å². The van der Waals surface area contributed by atoms with Crippen molar-refractivity contribution in [3.8, 4) is 5.75 Å². The van der Waals surface area contributed by atoms with Gasteiger partial charge in [0.2, 0.25) is 10.0 Å². The van der Waals surface area contributed by atoms with Crippen LogP contribution in [0, 0.1) is 6.92 Å². The maximum absolute atomic E-state index is 12.0. The molecule has 1 heterocycles. The van der Waals surface area contributed by atoms with Crippen LogP contribution in [-0.4, -0.2) is 25.8 Å². The highest BCUT2D eigenvalue weighted by atomic mass is 32.2. The van der Waals surface area contributed by atoms with E-state index in [2.05, 4.69) is 9.71 Å². The van der Waals surface area contributed by atoms with Crippen LogP contribution in [-0.2, 0) is 10.0 Å². The summed E-state index contributed by atoms with van der Waals surface area (Å²) >= 11 is 0. The number of rotatable bonds is 6. The molecule has 0 bridgehead atoms. The maximum Gasteiger partial charge on any atom is 0.236 e. The molecule has 0 saturated carbocycles. The van der Waals surface area contributed by atoms with Gasteiger partial charge in [0.1, 0.15) is 18.1 Å². The van der Waals surface area contributed by atoms with Gasteiger partial charge in [0.25, 0.3) is 0 Å². The van der Waals surface area contributed by atoms with Crippen molar-refractivity contribution in [3.05, 3.63) is 48.3 Å². The summed E-state index contributed by atoms with van der Waals surface area (Å²) in [4.78, 5) is 3.90. The van der Waals surface area contributed by atoms with Crippen molar-refractivity contribution in [1.29, 1.82) is 0 Å². The number of aryl methyl sites for hydroxylation is 1. The first-order valence-corrected chi connectivity index (χ1v) is 8.01. The smallest absolute Gasteiger partial charge is 0.236 e. The van der Waals surface area contributed by atoms with Crippen LogP contribution in [0.1, 0.15) is 5.56 Å². The molecule has 7 heteroatoms. The third-order valence-corrected chi connectivity index (χ3v) is 4.04. The van der Waals surface area contributed by atoms with Crippen LogP contribution in [0.25, 0.3) is 0 Å². The first kappa shape index (κ1) is 15.1. The van der Waals surface area contributed by atoms with Gasteiger partial charge in [-0.2, -0.15) is 0 Å². The van der Waals surface area contributed by atoms with E-state index < -0.39 is 10.0 Å². The summed E-state index contributed by atoms with van der Waals surface area (Å²) in [7, 11) is -3.48. The van der Waals surface area contributed by atoms with Crippen molar-refractivity contribution in [2.75, 3.05) is 22.8 Å². The van der Waals surface area contributed by atoms with Crippen molar-refractivity contribution in [2.24, 2.45) is 0 Å². The highest BCUT2D eigenvalue weighted by Gasteiger charge is 2.12. The molecule has 2 aromatic rings. The number of sulfonamides is 1. The summed E-state index contributed by atoms with van der Waals surface area (Å²) in [5.41, 5.74) is 7.48. The van der Waals surface area contributed by atoms with Gasteiger partial charge in [0, 0.05) is 11.9 Å². The van der Waals surface area contributed by atoms with Crippen LogP contribution < -0.4 is 15.2 Å². The minimum Gasteiger partial charge on any atom is -0.492 e. The van der Waals surface area contributed by atoms with Crippen molar-refractivity contribution in [3.63, 3.8) is 0 Å². The molecular formula is C14H17N3O3S. The average Bonchev–Trinajstić information content (AvgIpc) is 2.43. The molecule has 0 aliphatic heterocycles. The lowest BCUT2D eigenvalue weighted by Gasteiger charge is -2.10. The Morgan fingerprint density at radius 1 is 1.24 bits per heavy atom. The summed E-state index contributed by atoms with van der Waals surface area (Å²) in [6.45, 7) is 1.86. The lowest BCUT2D eigenvalue weighted by molar-refractivity contribution is 0.341. The van der Waals surface area contributed by atoms with Gasteiger partial charge in [0.05, 0.1) is 11.9 Å². The van der Waals surface area contributed by atoms with E-state index in [1.807, 2.05) is 6.92 Å². The Kier molecular flexibility index (Phi) is 4.64. The third kappa shape index (κ3) is 4.64. The zero-order chi connectivity index (χ0) is 15.3. The molecule has 0 aliphatic carbocycles. The predicted octanol–water partition coefficient (Wildman–Crippen LogP) is 1.79. The number of nitrogens with zero attached hydrogens (tertiary/aromatic N) is 1. The highest BCUT2D eigenvalue weighted by molar-refractivity contribution is 7.92. The summed E-state index contributed by atoms with van der Waals surface area (Å²) in [5, 5.41) is 0. The normalized spacial score (nSPS) is 11.1. The highest BCUT2D eigenvalue weighted by Crippen LogP contribution is 2.15. The lowest BCUT2D eigenvalue weighted by Crippen LogP contribution is -2.21. The number of pyridine rings is 1. The fourth-order valence-corrected chi connectivity index (χ4v) is 2.58. The quantitative estimate of drug-likeness (QED) is 0.793. The topological polar surface area (TPSA) is 94.3 Å². The van der Waals surface area contributed by atoms with Crippen LogP contribution in [0.4, 0.5) is 11.4 Å². The SMILES string of the molecule is Cc1ccncc1NS(=O)(=O)CCOc1ccc(N)cc1. The lowest BCUT2D eigenvalue weighted by atomic mass is 10.3. The summed E-state index contributed by atoms with van der Waals surface area (Å²) in [5.74, 6) is 0.433. The zero-order valence-corrected chi connectivity index (χ0v) is 12.4. The molecule has 0 unspecified atom stereocenters. The molecule has 1 aromatic heterocycles. The fraction of sp³-hybridized carbons (Fsp3) is 0.214. The number of hydrogen-bond acceptors (Lipinski definition) is 5. The minimum atomic E-state index is -3.48. The van der Waals surface area contributed by atoms with Gasteiger partial charge in [-0.05, 0) is 42.8 Å². The molecule has 6 nitrogen and oxygen atoms in total. The third-order valence-electron chi connectivity index (χ3n) is 2.81. The number of hydrogen-bond donors (Lipinski definition) is 2. The van der Waals surface area contributed by atoms with E-state index >= 15 is 0 Å². The van der Waals surface area contributed by atoms with Gasteiger partial charge in [-0.25, -0.2) is 8.42 Å². The second-order valence-corrected chi connectivity index (χ2v) is 6.37. The minimum absolute atomic E-state index is 0.0541. The molecule has 112 valence electrons. The van der Waals surface area contributed by atoms with Crippen molar-refractivity contribution in [2.45, 2.75) is 6.92 Å². The first-order chi connectivity index (χ1) is 9.96. The van der Waals surface area contributed by atoms with Crippen LogP contribution >= 0.6 is 0 Å². The van der Waals surface area contributed by atoms with E-state index in [4.69, 9.17) is 10.5 Å². The number of anilines is 2. The molecule has 0 radical (unpaired) electrons. The fourth-order valence-electron chi connectivity index (χ4n) is 1.62. The van der Waals surface area contributed by atoms with Gasteiger partial charge < -0.3 is 10.5 Å². The average molecular weight is 307 g/mol. The molecule has 0 amide bonds. The Hall–Kier alpha value is -2.28. The second-order valence-electron chi connectivity index (χ2n) is 4.53.